The Bertz CT molecular complexity index is 5010. The molecule has 12 aromatic heterocycles. The van der Waals surface area contributed by atoms with Gasteiger partial charge in [-0.15, -0.1) is 0 Å². The second-order valence-corrected chi connectivity index (χ2v) is 27.4. The molecular formula is C77H87N17O7. The van der Waals surface area contributed by atoms with Crippen LogP contribution >= 0.6 is 0 Å². The maximum atomic E-state index is 9.87. The third-order valence-corrected chi connectivity index (χ3v) is 16.8. The van der Waals surface area contributed by atoms with E-state index in [-0.39, 0.29) is 0 Å². The van der Waals surface area contributed by atoms with Crippen molar-refractivity contribution in [2.75, 3.05) is 60.8 Å². The average Bonchev–Trinajstić information content (AvgIpc) is 1.64. The number of piperidine rings is 1. The Hall–Kier alpha value is -10.5. The van der Waals surface area contributed by atoms with Gasteiger partial charge in [-0.05, 0) is 143 Å². The Labute approximate surface area is 586 Å². The molecule has 522 valence electrons. The Balaban J connectivity index is 0.000000136. The SMILES string of the molecule is CC(C)(O)C#Cc1cc2c(-c3cn[nH]c3)cn(CC3COC3)c2cn1.CN1CCC(n2cc(-c3cn[nH]c3)c3cc(C#CC(C)(C)O)ncc32)CC1.COCCCn1cc(-c2cn[nH]c2)c2cc(C#CC(C)(C)O)ncc21.COCCn1cc(-c2cn[nH]c2)c2cc(C#CC(C)(C)O)ncc21. The van der Waals surface area contributed by atoms with Crippen molar-refractivity contribution in [3.63, 3.8) is 0 Å². The number of pyridine rings is 4. The van der Waals surface area contributed by atoms with Crippen LogP contribution in [0, 0.1) is 53.3 Å². The topological polar surface area (TPSA) is 298 Å². The van der Waals surface area contributed by atoms with E-state index in [4.69, 9.17) is 14.2 Å². The number of H-pyrrole nitrogens is 4. The molecule has 0 unspecified atom stereocenters. The van der Waals surface area contributed by atoms with E-state index in [0.717, 1.165) is 153 Å². The second-order valence-electron chi connectivity index (χ2n) is 27.4. The van der Waals surface area contributed by atoms with Crippen LogP contribution in [0.5, 0.6) is 0 Å². The zero-order valence-electron chi connectivity index (χ0n) is 59.0. The quantitative estimate of drug-likeness (QED) is 0.0371. The summed E-state index contributed by atoms with van der Waals surface area (Å²) in [5.74, 6) is 23.6. The normalized spacial score (nSPS) is 13.7. The van der Waals surface area contributed by atoms with Gasteiger partial charge in [0.1, 0.15) is 45.2 Å². The number of hydrogen-bond acceptors (Lipinski definition) is 16. The molecule has 2 aliphatic rings. The number of likely N-dealkylation sites (tertiary alicyclic amines) is 1. The zero-order chi connectivity index (χ0) is 71.5. The van der Waals surface area contributed by atoms with E-state index in [0.29, 0.717) is 47.9 Å². The lowest BCUT2D eigenvalue weighted by molar-refractivity contribution is -0.0388. The summed E-state index contributed by atoms with van der Waals surface area (Å²) in [5.41, 5.74) is 11.1. The first kappa shape index (κ1) is 71.8. The third-order valence-electron chi connectivity index (χ3n) is 16.8. The first-order valence-corrected chi connectivity index (χ1v) is 33.6. The molecule has 14 heterocycles. The summed E-state index contributed by atoms with van der Waals surface area (Å²) in [4.78, 5) is 20.2. The molecule has 0 aliphatic carbocycles. The summed E-state index contributed by atoms with van der Waals surface area (Å²) >= 11 is 0. The Morgan fingerprint density at radius 3 is 1.16 bits per heavy atom. The molecule has 14 rings (SSSR count). The predicted octanol–water partition coefficient (Wildman–Crippen LogP) is 9.79. The smallest absolute Gasteiger partial charge is 0.120 e. The molecule has 24 heteroatoms. The summed E-state index contributed by atoms with van der Waals surface area (Å²) in [7, 11) is 5.57. The standard InChI is InChI=1S/C21H25N5O.C19H20N4O2.C19H22N4O2.C18H20N4O2/c1-21(2,27)7-4-16-10-18-19(15-11-23-24-12-15)14-26(20(18)13-22-16)17-5-8-25(3)9-6-17;1-19(2,24)4-3-15-5-16-17(14-6-21-22-7-14)10-23(18(16)8-20-15)9-13-11-25-12-13;1-19(2,24)6-5-15-9-16-17(14-10-21-22-11-14)13-23(7-4-8-25-3)18(16)12-20-15;1-18(2,23)5-4-14-8-15-16(13-9-20-21-10-13)12-22(6-7-24-3)17(15)11-19-14/h10-14,17,27H,5-6,8-9H2,1-3H3,(H,23,24);5-8,10,13,24H,9,11-12H2,1-2H3,(H,21,22);9-13,24H,4,7-8H2,1-3H3,(H,21,22);8-12,23H,6-7H2,1-3H3,(H,20,21). The molecule has 0 radical (unpaired) electrons. The van der Waals surface area contributed by atoms with Gasteiger partial charge in [-0.1, -0.05) is 23.7 Å². The number of ether oxygens (including phenoxy) is 3. The number of nitrogens with zero attached hydrogens (tertiary/aromatic N) is 13. The van der Waals surface area contributed by atoms with Crippen molar-refractivity contribution in [2.24, 2.45) is 5.92 Å². The highest BCUT2D eigenvalue weighted by atomic mass is 16.5. The van der Waals surface area contributed by atoms with Crippen molar-refractivity contribution in [2.45, 2.75) is 123 Å². The fourth-order valence-corrected chi connectivity index (χ4v) is 11.7. The maximum absolute atomic E-state index is 9.87. The Kier molecular flexibility index (Phi) is 22.3. The molecule has 8 N–H and O–H groups in total. The third kappa shape index (κ3) is 18.9. The number of aromatic nitrogens is 16. The fraction of sp³-hybridized carbons (Fsp3) is 0.377. The molecule has 12 aromatic rings. The molecule has 0 saturated carbocycles. The van der Waals surface area contributed by atoms with E-state index in [2.05, 4.69) is 163 Å². The second kappa shape index (κ2) is 31.4. The van der Waals surface area contributed by atoms with Gasteiger partial charge in [-0.25, -0.2) is 19.9 Å². The highest BCUT2D eigenvalue weighted by Crippen LogP contribution is 2.37. The van der Waals surface area contributed by atoms with Gasteiger partial charge in [0.2, 0.25) is 0 Å². The van der Waals surface area contributed by atoms with Crippen LogP contribution in [0.4, 0.5) is 0 Å². The lowest BCUT2D eigenvalue weighted by Gasteiger charge is -2.30. The van der Waals surface area contributed by atoms with Crippen LogP contribution in [-0.4, -0.2) is 188 Å². The number of rotatable bonds is 14. The maximum Gasteiger partial charge on any atom is 0.120 e. The Morgan fingerprint density at radius 2 is 0.812 bits per heavy atom. The summed E-state index contributed by atoms with van der Waals surface area (Å²) in [6, 6.07) is 8.37. The first-order chi connectivity index (χ1) is 48.4. The molecule has 0 bridgehead atoms. The van der Waals surface area contributed by atoms with Crippen LogP contribution in [0.15, 0.2) is 123 Å². The van der Waals surface area contributed by atoms with E-state index in [1.807, 2.05) is 86.2 Å². The summed E-state index contributed by atoms with van der Waals surface area (Å²) < 4.78 is 24.5. The van der Waals surface area contributed by atoms with Gasteiger partial charge in [0.15, 0.2) is 0 Å². The van der Waals surface area contributed by atoms with Gasteiger partial charge in [-0.2, -0.15) is 20.4 Å². The van der Waals surface area contributed by atoms with E-state index in [1.165, 1.54) is 0 Å². The van der Waals surface area contributed by atoms with Gasteiger partial charge >= 0.3 is 0 Å². The van der Waals surface area contributed by atoms with Crippen LogP contribution in [0.3, 0.4) is 0 Å². The molecule has 0 amide bonds. The lowest BCUT2D eigenvalue weighted by Crippen LogP contribution is -2.31. The number of fused-ring (bicyclic) bond motifs is 4. The van der Waals surface area contributed by atoms with E-state index < -0.39 is 22.4 Å². The minimum Gasteiger partial charge on any atom is -0.385 e. The molecule has 24 nitrogen and oxygen atoms in total. The van der Waals surface area contributed by atoms with Gasteiger partial charge < -0.3 is 57.8 Å². The number of aryl methyl sites for hydroxylation is 1. The lowest BCUT2D eigenvalue weighted by atomic mass is 10.1. The first-order valence-electron chi connectivity index (χ1n) is 33.6. The Morgan fingerprint density at radius 1 is 0.465 bits per heavy atom. The summed E-state index contributed by atoms with van der Waals surface area (Å²) in [5, 5.41) is 71.3. The summed E-state index contributed by atoms with van der Waals surface area (Å²) in [6.45, 7) is 20.9. The minimum atomic E-state index is -1.05. The number of aliphatic hydroxyl groups is 4. The largest absolute Gasteiger partial charge is 0.385 e. The molecule has 0 atom stereocenters. The molecule has 0 aromatic carbocycles. The summed E-state index contributed by atoms with van der Waals surface area (Å²) in [6.07, 6.45) is 33.9. The van der Waals surface area contributed by atoms with Crippen molar-refractivity contribution < 1.29 is 34.6 Å². The molecular weight excluding hydrogens is 1270 g/mol. The van der Waals surface area contributed by atoms with Crippen LogP contribution < -0.4 is 0 Å². The van der Waals surface area contributed by atoms with Gasteiger partial charge in [0, 0.05) is 168 Å². The molecule has 2 saturated heterocycles. The minimum absolute atomic E-state index is 0.472. The average molecular weight is 1360 g/mol. The number of nitrogens with one attached hydrogen (secondary N) is 4. The molecule has 2 fully saturated rings. The van der Waals surface area contributed by atoms with Gasteiger partial charge in [0.25, 0.3) is 0 Å². The van der Waals surface area contributed by atoms with Crippen molar-refractivity contribution >= 4 is 43.6 Å². The van der Waals surface area contributed by atoms with Crippen molar-refractivity contribution in [3.8, 4) is 91.9 Å². The number of hydrogen-bond donors (Lipinski definition) is 8. The van der Waals surface area contributed by atoms with Crippen LogP contribution in [0.2, 0.25) is 0 Å². The van der Waals surface area contributed by atoms with Crippen molar-refractivity contribution in [1.82, 2.24) is 83.9 Å². The monoisotopic (exact) mass is 1360 g/mol. The van der Waals surface area contributed by atoms with E-state index >= 15 is 0 Å². The highest BCUT2D eigenvalue weighted by Gasteiger charge is 2.25. The van der Waals surface area contributed by atoms with Crippen LogP contribution in [-0.2, 0) is 33.8 Å². The number of aromatic amines is 4. The van der Waals surface area contributed by atoms with Gasteiger partial charge in [-0.3, -0.25) is 20.4 Å². The van der Waals surface area contributed by atoms with Crippen molar-refractivity contribution in [1.29, 1.82) is 0 Å². The molecule has 101 heavy (non-hydrogen) atoms. The highest BCUT2D eigenvalue weighted by molar-refractivity contribution is 5.99. The van der Waals surface area contributed by atoms with Crippen LogP contribution in [0.1, 0.15) is 103 Å². The van der Waals surface area contributed by atoms with E-state index in [9.17, 15) is 20.4 Å². The van der Waals surface area contributed by atoms with Crippen molar-refractivity contribution in [3.05, 3.63) is 146 Å². The van der Waals surface area contributed by atoms with Crippen LogP contribution in [0.25, 0.3) is 88.1 Å². The van der Waals surface area contributed by atoms with Gasteiger partial charge in [0.05, 0.1) is 91.5 Å². The predicted molar refractivity (Wildman–Crippen MR) is 390 cm³/mol. The van der Waals surface area contributed by atoms with E-state index in [1.54, 1.807) is 82.0 Å². The molecule has 0 spiro atoms. The fourth-order valence-electron chi connectivity index (χ4n) is 11.7. The molecule has 2 aliphatic heterocycles. The number of methoxy groups -OCH3 is 2. The zero-order valence-corrected chi connectivity index (χ0v) is 59.0.